The Morgan fingerprint density at radius 2 is 1.56 bits per heavy atom. The van der Waals surface area contributed by atoms with Gasteiger partial charge in [-0.25, -0.2) is 4.98 Å². The van der Waals surface area contributed by atoms with Crippen molar-refractivity contribution < 1.29 is 25.8 Å². The fourth-order valence-electron chi connectivity index (χ4n) is 6.44. The number of pyridine rings is 1. The number of ether oxygens (including phenoxy) is 1. The predicted octanol–water partition coefficient (Wildman–Crippen LogP) is 10.6. The van der Waals surface area contributed by atoms with Crippen molar-refractivity contribution in [3.63, 3.8) is 0 Å². The van der Waals surface area contributed by atoms with Crippen LogP contribution in [0.15, 0.2) is 91.1 Å². The third kappa shape index (κ3) is 6.62. The Hall–Kier alpha value is -4.47. The number of rotatable bonds is 7. The molecular formula is C42H40N4OPt. The minimum Gasteiger partial charge on any atom is -0.509 e. The summed E-state index contributed by atoms with van der Waals surface area (Å²) < 4.78 is 10.7. The molecule has 3 heterocycles. The van der Waals surface area contributed by atoms with Crippen LogP contribution in [0, 0.1) is 45.2 Å². The van der Waals surface area contributed by atoms with E-state index in [1.165, 1.54) is 10.9 Å². The molecule has 5 nitrogen and oxygen atoms in total. The van der Waals surface area contributed by atoms with E-state index >= 15 is 0 Å². The molecule has 0 unspecified atom stereocenters. The average molecular weight is 812 g/mol. The van der Waals surface area contributed by atoms with Gasteiger partial charge in [0.2, 0.25) is 0 Å². The molecule has 0 bridgehead atoms. The standard InChI is InChI=1S/C42H40N4O.Pt/c1-27-18-20-43-40(23-27)45-38-16-13-31(17-19-42(5,6)7)24-37(38)36-15-14-34(26-39(36)45)47-35-22-28(2)21-33(25-35)46-30(4)41(29(3)44-46)32-11-9-8-10-12-32;/h8-16,18,20-24H,17,19H2,1-7H3;/q-2;+2. The van der Waals surface area contributed by atoms with Gasteiger partial charge >= 0.3 is 21.1 Å². The van der Waals surface area contributed by atoms with E-state index in [-0.39, 0.29) is 26.5 Å². The van der Waals surface area contributed by atoms with Gasteiger partial charge in [0.15, 0.2) is 0 Å². The van der Waals surface area contributed by atoms with Crippen LogP contribution in [0.3, 0.4) is 0 Å². The van der Waals surface area contributed by atoms with Gasteiger partial charge in [-0.15, -0.1) is 35.7 Å². The number of hydrogen-bond acceptors (Lipinski definition) is 3. The largest absolute Gasteiger partial charge is 2.00 e. The Balaban J connectivity index is 0.00000401. The molecular weight excluding hydrogens is 772 g/mol. The molecule has 244 valence electrons. The van der Waals surface area contributed by atoms with E-state index in [0.29, 0.717) is 11.5 Å². The van der Waals surface area contributed by atoms with Crippen molar-refractivity contribution in [3.05, 3.63) is 131 Å². The molecule has 48 heavy (non-hydrogen) atoms. The Labute approximate surface area is 297 Å². The van der Waals surface area contributed by atoms with Gasteiger partial charge in [-0.1, -0.05) is 75.7 Å². The molecule has 0 fully saturated rings. The number of aryl methyl sites for hydroxylation is 4. The normalized spacial score (nSPS) is 11.6. The van der Waals surface area contributed by atoms with Crippen LogP contribution in [-0.2, 0) is 27.5 Å². The maximum atomic E-state index is 6.52. The summed E-state index contributed by atoms with van der Waals surface area (Å²) in [7, 11) is 0. The van der Waals surface area contributed by atoms with Crippen LogP contribution in [-0.4, -0.2) is 19.3 Å². The molecule has 0 aliphatic carbocycles. The third-order valence-corrected chi connectivity index (χ3v) is 8.78. The van der Waals surface area contributed by atoms with Crippen molar-refractivity contribution in [1.29, 1.82) is 0 Å². The molecule has 0 atom stereocenters. The Morgan fingerprint density at radius 3 is 2.31 bits per heavy atom. The van der Waals surface area contributed by atoms with Crippen molar-refractivity contribution in [2.45, 2.75) is 61.3 Å². The first-order valence-electron chi connectivity index (χ1n) is 16.3. The van der Waals surface area contributed by atoms with E-state index in [1.807, 2.05) is 35.1 Å². The maximum absolute atomic E-state index is 6.52. The number of aromatic nitrogens is 4. The van der Waals surface area contributed by atoms with Crippen LogP contribution in [0.25, 0.3) is 44.4 Å². The number of nitrogens with zero attached hydrogens (tertiary/aromatic N) is 4. The van der Waals surface area contributed by atoms with Gasteiger partial charge in [-0.3, -0.25) is 4.68 Å². The van der Waals surface area contributed by atoms with Crippen LogP contribution in [0.1, 0.15) is 55.3 Å². The Morgan fingerprint density at radius 1 is 0.771 bits per heavy atom. The van der Waals surface area contributed by atoms with Gasteiger partial charge in [0.1, 0.15) is 5.82 Å². The number of benzene rings is 4. The molecule has 7 aromatic rings. The van der Waals surface area contributed by atoms with Gasteiger partial charge in [0, 0.05) is 34.5 Å². The van der Waals surface area contributed by atoms with Crippen LogP contribution < -0.4 is 4.74 Å². The van der Waals surface area contributed by atoms with Gasteiger partial charge in [0.05, 0.1) is 5.69 Å². The van der Waals surface area contributed by atoms with Crippen LogP contribution >= 0.6 is 0 Å². The fraction of sp³-hybridized carbons (Fsp3) is 0.238. The monoisotopic (exact) mass is 811 g/mol. The van der Waals surface area contributed by atoms with E-state index in [4.69, 9.17) is 14.8 Å². The van der Waals surface area contributed by atoms with Crippen LogP contribution in [0.2, 0.25) is 0 Å². The SMILES string of the molecule is Cc1cc(Oc2[c-]c3c(cc2)c2cc(CCC(C)(C)C)ccc2n3-c2cc(C)ccn2)[c-]c(-n2nc(C)c(-c3ccccc3)c2C)c1.[Pt+2]. The summed E-state index contributed by atoms with van der Waals surface area (Å²) in [6.07, 6.45) is 4.03. The molecule has 4 aromatic carbocycles. The molecule has 0 aliphatic rings. The molecule has 0 saturated carbocycles. The van der Waals surface area contributed by atoms with Gasteiger partial charge in [-0.05, 0) is 85.0 Å². The summed E-state index contributed by atoms with van der Waals surface area (Å²) in [6.45, 7) is 15.2. The van der Waals surface area contributed by atoms with Gasteiger partial charge in [0.25, 0.3) is 0 Å². The third-order valence-electron chi connectivity index (χ3n) is 8.78. The molecule has 0 aliphatic heterocycles. The molecule has 0 amide bonds. The predicted molar refractivity (Wildman–Crippen MR) is 192 cm³/mol. The maximum Gasteiger partial charge on any atom is 2.00 e. The van der Waals surface area contributed by atoms with E-state index in [9.17, 15) is 0 Å². The molecule has 3 aromatic heterocycles. The number of fused-ring (bicyclic) bond motifs is 3. The van der Waals surface area contributed by atoms with E-state index in [0.717, 1.165) is 74.4 Å². The second-order valence-electron chi connectivity index (χ2n) is 13.9. The minimum atomic E-state index is 0. The van der Waals surface area contributed by atoms with Crippen molar-refractivity contribution in [2.24, 2.45) is 5.41 Å². The van der Waals surface area contributed by atoms with Gasteiger partial charge < -0.3 is 9.30 Å². The minimum absolute atomic E-state index is 0. The summed E-state index contributed by atoms with van der Waals surface area (Å²) in [5, 5.41) is 7.23. The van der Waals surface area contributed by atoms with Crippen molar-refractivity contribution in [1.82, 2.24) is 19.3 Å². The van der Waals surface area contributed by atoms with E-state index in [2.05, 4.69) is 126 Å². The quantitative estimate of drug-likeness (QED) is 0.151. The molecule has 0 radical (unpaired) electrons. The topological polar surface area (TPSA) is 44.9 Å². The first-order chi connectivity index (χ1) is 22.5. The fourth-order valence-corrected chi connectivity index (χ4v) is 6.44. The zero-order chi connectivity index (χ0) is 32.9. The molecule has 0 spiro atoms. The van der Waals surface area contributed by atoms with Crippen molar-refractivity contribution in [2.75, 3.05) is 0 Å². The summed E-state index contributed by atoms with van der Waals surface area (Å²) in [5.74, 6) is 2.10. The first-order valence-corrected chi connectivity index (χ1v) is 16.3. The first kappa shape index (κ1) is 33.4. The molecule has 6 heteroatoms. The van der Waals surface area contributed by atoms with Crippen LogP contribution in [0.5, 0.6) is 11.5 Å². The molecule has 7 rings (SSSR count). The van der Waals surface area contributed by atoms with Crippen molar-refractivity contribution >= 4 is 21.8 Å². The zero-order valence-electron chi connectivity index (χ0n) is 28.6. The van der Waals surface area contributed by atoms with Gasteiger partial charge in [-0.2, -0.15) is 16.7 Å². The summed E-state index contributed by atoms with van der Waals surface area (Å²) >= 11 is 0. The number of hydrogen-bond donors (Lipinski definition) is 0. The second kappa shape index (κ2) is 13.2. The summed E-state index contributed by atoms with van der Waals surface area (Å²) in [6, 6.07) is 36.7. The summed E-state index contributed by atoms with van der Waals surface area (Å²) in [5.41, 5.74) is 11.0. The molecule has 0 N–H and O–H groups in total. The van der Waals surface area contributed by atoms with E-state index in [1.54, 1.807) is 0 Å². The Bertz CT molecular complexity index is 2260. The zero-order valence-corrected chi connectivity index (χ0v) is 30.9. The summed E-state index contributed by atoms with van der Waals surface area (Å²) in [4.78, 5) is 4.77. The molecule has 0 saturated heterocycles. The smallest absolute Gasteiger partial charge is 0.509 e. The van der Waals surface area contributed by atoms with Crippen LogP contribution in [0.4, 0.5) is 0 Å². The second-order valence-corrected chi connectivity index (χ2v) is 13.9. The average Bonchev–Trinajstić information content (AvgIpc) is 3.52. The van der Waals surface area contributed by atoms with E-state index < -0.39 is 0 Å². The Kier molecular flexibility index (Phi) is 9.20. The van der Waals surface area contributed by atoms with Crippen molar-refractivity contribution in [3.8, 4) is 34.1 Å².